The van der Waals surface area contributed by atoms with E-state index in [0.29, 0.717) is 17.7 Å². The molecule has 0 aliphatic heterocycles. The third-order valence-electron chi connectivity index (χ3n) is 2.63. The van der Waals surface area contributed by atoms with Crippen molar-refractivity contribution in [3.05, 3.63) is 16.6 Å². The van der Waals surface area contributed by atoms with E-state index in [2.05, 4.69) is 10.3 Å². The molecule has 0 aliphatic rings. The number of carbonyl (C=O) groups is 2. The van der Waals surface area contributed by atoms with E-state index in [1.807, 2.05) is 0 Å². The summed E-state index contributed by atoms with van der Waals surface area (Å²) in [6.07, 6.45) is 2.13. The molecule has 1 amide bonds. The summed E-state index contributed by atoms with van der Waals surface area (Å²) >= 11 is 1.19. The third-order valence-corrected chi connectivity index (χ3v) is 3.40. The number of thiazole rings is 1. The van der Waals surface area contributed by atoms with E-state index >= 15 is 0 Å². The number of amides is 1. The van der Waals surface area contributed by atoms with Crippen molar-refractivity contribution in [3.8, 4) is 0 Å². The van der Waals surface area contributed by atoms with Crippen LogP contribution in [0.2, 0.25) is 0 Å². The van der Waals surface area contributed by atoms with Crippen molar-refractivity contribution in [2.75, 3.05) is 0 Å². The Bertz CT molecular complexity index is 371. The van der Waals surface area contributed by atoms with Crippen molar-refractivity contribution < 1.29 is 14.7 Å². The first-order valence-corrected chi connectivity index (χ1v) is 5.88. The van der Waals surface area contributed by atoms with Crippen molar-refractivity contribution in [1.82, 2.24) is 10.3 Å². The van der Waals surface area contributed by atoms with Crippen LogP contribution in [0.25, 0.3) is 0 Å². The Morgan fingerprint density at radius 3 is 2.50 bits per heavy atom. The molecule has 1 aromatic heterocycles. The summed E-state index contributed by atoms with van der Waals surface area (Å²) in [5.41, 5.74) is 0.357. The molecule has 88 valence electrons. The molecule has 0 atom stereocenters. The lowest BCUT2D eigenvalue weighted by Gasteiger charge is -2.27. The Hall–Kier alpha value is -1.43. The second-order valence-corrected chi connectivity index (χ2v) is 4.30. The van der Waals surface area contributed by atoms with Crippen LogP contribution >= 0.6 is 11.3 Å². The van der Waals surface area contributed by atoms with E-state index in [-0.39, 0.29) is 5.91 Å². The average Bonchev–Trinajstić information content (AvgIpc) is 2.78. The Morgan fingerprint density at radius 1 is 1.50 bits per heavy atom. The number of rotatable bonds is 5. The number of nitrogens with one attached hydrogen (secondary N) is 1. The number of carboxylic acid groups (broad SMARTS) is 1. The fourth-order valence-corrected chi connectivity index (χ4v) is 1.90. The van der Waals surface area contributed by atoms with Gasteiger partial charge in [-0.15, -0.1) is 11.3 Å². The fraction of sp³-hybridized carbons (Fsp3) is 0.500. The van der Waals surface area contributed by atoms with Crippen molar-refractivity contribution in [2.45, 2.75) is 32.2 Å². The molecule has 0 saturated heterocycles. The monoisotopic (exact) mass is 242 g/mol. The molecule has 1 heterocycles. The lowest BCUT2D eigenvalue weighted by atomic mass is 9.93. The Labute approximate surface area is 97.5 Å². The molecule has 0 aliphatic carbocycles. The molecule has 16 heavy (non-hydrogen) atoms. The first-order chi connectivity index (χ1) is 7.55. The highest BCUT2D eigenvalue weighted by atomic mass is 32.1. The Balaban J connectivity index is 2.84. The van der Waals surface area contributed by atoms with E-state index in [9.17, 15) is 9.59 Å². The van der Waals surface area contributed by atoms with Gasteiger partial charge in [0, 0.05) is 0 Å². The molecular weight excluding hydrogens is 228 g/mol. The van der Waals surface area contributed by atoms with Crippen LogP contribution in [0.15, 0.2) is 11.7 Å². The molecule has 0 radical (unpaired) electrons. The van der Waals surface area contributed by atoms with Gasteiger partial charge in [-0.3, -0.25) is 9.78 Å². The molecule has 0 unspecified atom stereocenters. The van der Waals surface area contributed by atoms with Gasteiger partial charge in [0.2, 0.25) is 0 Å². The van der Waals surface area contributed by atoms with Crippen LogP contribution in [0.5, 0.6) is 0 Å². The van der Waals surface area contributed by atoms with Crippen LogP contribution in [0.4, 0.5) is 0 Å². The zero-order chi connectivity index (χ0) is 12.2. The van der Waals surface area contributed by atoms with Gasteiger partial charge in [-0.05, 0) is 12.8 Å². The van der Waals surface area contributed by atoms with Crippen LogP contribution in [0.1, 0.15) is 36.4 Å². The maximum atomic E-state index is 11.7. The normalized spacial score (nSPS) is 11.1. The topological polar surface area (TPSA) is 79.3 Å². The minimum atomic E-state index is -1.18. The number of nitrogens with zero attached hydrogens (tertiary/aromatic N) is 1. The number of carbonyl (C=O) groups excluding carboxylic acids is 1. The highest BCUT2D eigenvalue weighted by Gasteiger charge is 2.36. The van der Waals surface area contributed by atoms with Crippen LogP contribution in [0.3, 0.4) is 0 Å². The molecule has 2 N–H and O–H groups in total. The van der Waals surface area contributed by atoms with E-state index in [4.69, 9.17) is 5.11 Å². The van der Waals surface area contributed by atoms with Crippen LogP contribution in [0, 0.1) is 0 Å². The van der Waals surface area contributed by atoms with Gasteiger partial charge in [-0.25, -0.2) is 4.79 Å². The summed E-state index contributed by atoms with van der Waals surface area (Å²) in [7, 11) is 0. The first-order valence-electron chi connectivity index (χ1n) is 5.00. The predicted octanol–water partition coefficient (Wildman–Crippen LogP) is 1.52. The molecule has 5 nitrogen and oxygen atoms in total. The smallest absolute Gasteiger partial charge is 0.329 e. The second-order valence-electron chi connectivity index (χ2n) is 3.41. The quantitative estimate of drug-likeness (QED) is 0.820. The molecule has 0 spiro atoms. The summed E-state index contributed by atoms with van der Waals surface area (Å²) in [6.45, 7) is 3.48. The fourth-order valence-electron chi connectivity index (χ4n) is 1.39. The van der Waals surface area contributed by atoms with Gasteiger partial charge in [-0.1, -0.05) is 13.8 Å². The van der Waals surface area contributed by atoms with Crippen molar-refractivity contribution in [3.63, 3.8) is 0 Å². The number of carboxylic acids is 1. The van der Waals surface area contributed by atoms with Crippen LogP contribution in [-0.2, 0) is 4.79 Å². The van der Waals surface area contributed by atoms with E-state index < -0.39 is 11.5 Å². The third kappa shape index (κ3) is 2.38. The highest BCUT2D eigenvalue weighted by Crippen LogP contribution is 2.17. The highest BCUT2D eigenvalue weighted by molar-refractivity contribution is 7.11. The molecular formula is C10H14N2O3S. The number of aliphatic carboxylic acids is 1. The van der Waals surface area contributed by atoms with E-state index in [1.165, 1.54) is 23.0 Å². The Kier molecular flexibility index (Phi) is 4.00. The first kappa shape index (κ1) is 12.6. The van der Waals surface area contributed by atoms with E-state index in [0.717, 1.165) is 0 Å². The maximum absolute atomic E-state index is 11.7. The average molecular weight is 242 g/mol. The van der Waals surface area contributed by atoms with Crippen LogP contribution < -0.4 is 5.32 Å². The summed E-state index contributed by atoms with van der Waals surface area (Å²) in [4.78, 5) is 27.1. The maximum Gasteiger partial charge on any atom is 0.329 e. The SMILES string of the molecule is CCC(CC)(NC(=O)c1cncs1)C(=O)O. The van der Waals surface area contributed by atoms with Gasteiger partial charge >= 0.3 is 5.97 Å². The molecule has 1 rings (SSSR count). The van der Waals surface area contributed by atoms with Crippen molar-refractivity contribution in [1.29, 1.82) is 0 Å². The lowest BCUT2D eigenvalue weighted by Crippen LogP contribution is -2.53. The lowest BCUT2D eigenvalue weighted by molar-refractivity contribution is -0.144. The van der Waals surface area contributed by atoms with Gasteiger partial charge in [0.25, 0.3) is 5.91 Å². The number of aromatic nitrogens is 1. The summed E-state index contributed by atoms with van der Waals surface area (Å²) < 4.78 is 0. The van der Waals surface area contributed by atoms with Gasteiger partial charge in [0.05, 0.1) is 11.7 Å². The standard InChI is InChI=1S/C10H14N2O3S/c1-3-10(4-2,9(14)15)12-8(13)7-5-11-6-16-7/h5-6H,3-4H2,1-2H3,(H,12,13)(H,14,15). The molecule has 0 aromatic carbocycles. The number of hydrogen-bond acceptors (Lipinski definition) is 4. The largest absolute Gasteiger partial charge is 0.480 e. The molecule has 1 aromatic rings. The Morgan fingerprint density at radius 2 is 2.12 bits per heavy atom. The van der Waals surface area contributed by atoms with E-state index in [1.54, 1.807) is 13.8 Å². The molecule has 6 heteroatoms. The molecule has 0 saturated carbocycles. The van der Waals surface area contributed by atoms with Gasteiger partial charge in [0.1, 0.15) is 10.4 Å². The number of hydrogen-bond donors (Lipinski definition) is 2. The summed E-state index contributed by atoms with van der Waals surface area (Å²) in [5.74, 6) is -1.39. The van der Waals surface area contributed by atoms with Crippen molar-refractivity contribution >= 4 is 23.2 Å². The van der Waals surface area contributed by atoms with Gasteiger partial charge < -0.3 is 10.4 Å². The van der Waals surface area contributed by atoms with Gasteiger partial charge in [-0.2, -0.15) is 0 Å². The van der Waals surface area contributed by atoms with Crippen LogP contribution in [-0.4, -0.2) is 27.5 Å². The minimum absolute atomic E-state index is 0.351. The molecule has 0 bridgehead atoms. The molecule has 0 fully saturated rings. The summed E-state index contributed by atoms with van der Waals surface area (Å²) in [5, 5.41) is 11.7. The predicted molar refractivity (Wildman–Crippen MR) is 60.5 cm³/mol. The minimum Gasteiger partial charge on any atom is -0.480 e. The zero-order valence-electron chi connectivity index (χ0n) is 9.19. The van der Waals surface area contributed by atoms with Crippen molar-refractivity contribution in [2.24, 2.45) is 0 Å². The second kappa shape index (κ2) is 5.07. The zero-order valence-corrected chi connectivity index (χ0v) is 10.0. The summed E-state index contributed by atoms with van der Waals surface area (Å²) in [6, 6.07) is 0. The van der Waals surface area contributed by atoms with Gasteiger partial charge in [0.15, 0.2) is 0 Å².